The van der Waals surface area contributed by atoms with Crippen LogP contribution in [0.5, 0.6) is 0 Å². The first-order valence-electron chi connectivity index (χ1n) is 6.07. The number of nitrogens with zero attached hydrogens (tertiary/aromatic N) is 1. The molecule has 0 aliphatic rings. The normalized spacial score (nSPS) is 15.4. The van der Waals surface area contributed by atoms with E-state index in [0.29, 0.717) is 0 Å². The van der Waals surface area contributed by atoms with Crippen molar-refractivity contribution in [2.75, 3.05) is 19.5 Å². The molecule has 0 fully saturated rings. The molecule has 1 heterocycles. The lowest BCUT2D eigenvalue weighted by atomic mass is 10.5. The molecule has 0 aromatic carbocycles. The van der Waals surface area contributed by atoms with E-state index in [1.165, 1.54) is 36.2 Å². The topological polar surface area (TPSA) is 125 Å². The van der Waals surface area contributed by atoms with Crippen molar-refractivity contribution < 1.29 is 22.3 Å². The minimum absolute atomic E-state index is 0.0880. The monoisotopic (exact) mass is 446 g/mol. The number of aromatic nitrogens is 2. The van der Waals surface area contributed by atoms with Crippen molar-refractivity contribution >= 4 is 39.6 Å². The number of hydrogen-bond acceptors (Lipinski definition) is 7. The summed E-state index contributed by atoms with van der Waals surface area (Å²) in [5.74, 6) is 0. The van der Waals surface area contributed by atoms with Crippen LogP contribution < -0.4 is 11.2 Å². The van der Waals surface area contributed by atoms with Gasteiger partial charge < -0.3 is 0 Å². The molecule has 1 aromatic rings. The van der Waals surface area contributed by atoms with Crippen LogP contribution in [-0.4, -0.2) is 29.0 Å². The van der Waals surface area contributed by atoms with E-state index in [-0.39, 0.29) is 17.2 Å². The van der Waals surface area contributed by atoms with Crippen molar-refractivity contribution in [2.45, 2.75) is 6.54 Å². The molecule has 2 atom stereocenters. The first kappa shape index (κ1) is 20.3. The van der Waals surface area contributed by atoms with Gasteiger partial charge in [-0.1, -0.05) is 20.8 Å². The Morgan fingerprint density at radius 3 is 2.35 bits per heavy atom. The number of H-pyrrole nitrogens is 1. The van der Waals surface area contributed by atoms with Crippen LogP contribution >= 0.6 is 39.6 Å². The second kappa shape index (κ2) is 8.92. The van der Waals surface area contributed by atoms with E-state index < -0.39 is 34.9 Å². The molecule has 0 bridgehead atoms. The highest BCUT2D eigenvalue weighted by Crippen LogP contribution is 2.59. The fourth-order valence-corrected chi connectivity index (χ4v) is 5.92. The van der Waals surface area contributed by atoms with Gasteiger partial charge in [-0.15, -0.1) is 0 Å². The average molecular weight is 447 g/mol. The number of rotatable bonds is 8. The SMILES string of the molecule is C[P+](=O)OP(=O)(C/C=C\Cn1cc(Br)c(=O)[nH]c1=O)O[P+](C)=O. The fourth-order valence-electron chi connectivity index (χ4n) is 1.44. The molecule has 126 valence electrons. The van der Waals surface area contributed by atoms with Crippen molar-refractivity contribution in [3.8, 4) is 0 Å². The third-order valence-electron chi connectivity index (χ3n) is 2.24. The summed E-state index contributed by atoms with van der Waals surface area (Å²) >= 11 is 3.00. The fraction of sp³-hybridized carbons (Fsp3) is 0.400. The quantitative estimate of drug-likeness (QED) is 0.480. The van der Waals surface area contributed by atoms with Gasteiger partial charge in [-0.05, 0) is 25.1 Å². The van der Waals surface area contributed by atoms with Crippen LogP contribution in [-0.2, 0) is 28.9 Å². The highest BCUT2D eigenvalue weighted by Gasteiger charge is 2.39. The van der Waals surface area contributed by atoms with Crippen molar-refractivity contribution in [3.63, 3.8) is 0 Å². The summed E-state index contributed by atoms with van der Waals surface area (Å²) in [6.45, 7) is 2.50. The van der Waals surface area contributed by atoms with Crippen LogP contribution in [0.2, 0.25) is 0 Å². The lowest BCUT2D eigenvalue weighted by molar-refractivity contribution is 0.397. The summed E-state index contributed by atoms with van der Waals surface area (Å²) < 4.78 is 45.3. The number of aromatic amines is 1. The third kappa shape index (κ3) is 7.12. The Morgan fingerprint density at radius 1 is 1.26 bits per heavy atom. The second-order valence-corrected chi connectivity index (χ2v) is 9.70. The molecule has 1 aromatic heterocycles. The number of hydrogen-bond donors (Lipinski definition) is 1. The van der Waals surface area contributed by atoms with Crippen LogP contribution in [0.1, 0.15) is 0 Å². The van der Waals surface area contributed by atoms with Gasteiger partial charge in [-0.25, -0.2) is 4.79 Å². The Balaban J connectivity index is 2.80. The van der Waals surface area contributed by atoms with Crippen molar-refractivity contribution in [3.05, 3.63) is 43.7 Å². The lowest BCUT2D eigenvalue weighted by Gasteiger charge is -2.03. The zero-order valence-electron chi connectivity index (χ0n) is 12.2. The van der Waals surface area contributed by atoms with Crippen LogP contribution in [0.15, 0.2) is 32.4 Å². The van der Waals surface area contributed by atoms with Crippen molar-refractivity contribution in [1.29, 1.82) is 0 Å². The van der Waals surface area contributed by atoms with Crippen molar-refractivity contribution in [2.24, 2.45) is 0 Å². The Morgan fingerprint density at radius 2 is 1.83 bits per heavy atom. The van der Waals surface area contributed by atoms with Gasteiger partial charge in [-0.2, -0.15) is 0 Å². The molecule has 9 nitrogen and oxygen atoms in total. The maximum Gasteiger partial charge on any atom is 0.513 e. The first-order chi connectivity index (χ1) is 10.6. The Hall–Kier alpha value is -0.750. The molecule has 0 saturated carbocycles. The summed E-state index contributed by atoms with van der Waals surface area (Å²) in [5, 5.41) is 0. The van der Waals surface area contributed by atoms with Crippen molar-refractivity contribution in [1.82, 2.24) is 9.55 Å². The van der Waals surface area contributed by atoms with Gasteiger partial charge in [0, 0.05) is 12.7 Å². The summed E-state index contributed by atoms with van der Waals surface area (Å²) in [6.07, 6.45) is 3.93. The zero-order valence-corrected chi connectivity index (χ0v) is 16.4. The van der Waals surface area contributed by atoms with Crippen LogP contribution in [0, 0.1) is 0 Å². The summed E-state index contributed by atoms with van der Waals surface area (Å²) in [6, 6.07) is 0. The van der Waals surface area contributed by atoms with E-state index in [0.717, 1.165) is 0 Å². The molecule has 0 amide bonds. The minimum Gasteiger partial charge on any atom is -0.296 e. The number of allylic oxidation sites excluding steroid dienone is 2. The van der Waals surface area contributed by atoms with Gasteiger partial charge in [0.15, 0.2) is 13.3 Å². The molecule has 0 aliphatic heterocycles. The zero-order chi connectivity index (χ0) is 17.6. The highest BCUT2D eigenvalue weighted by molar-refractivity contribution is 9.10. The standard InChI is InChI=1S/C10H13BrN2O7P3/c1-21(16)19-23(18,20-22(2)17)6-4-3-5-13-7-8(11)9(14)12-10(13)15/h3-4,7H,5-6H2,1-2H3/q+1/p+1/b4-3-. The summed E-state index contributed by atoms with van der Waals surface area (Å²) in [5.41, 5.74) is -1.15. The molecular formula is C10H14BrN2O7P3+2. The van der Waals surface area contributed by atoms with Gasteiger partial charge in [0.1, 0.15) is 0 Å². The van der Waals surface area contributed by atoms with E-state index in [2.05, 4.69) is 20.9 Å². The van der Waals surface area contributed by atoms with Crippen LogP contribution in [0.4, 0.5) is 0 Å². The smallest absolute Gasteiger partial charge is 0.296 e. The van der Waals surface area contributed by atoms with Gasteiger partial charge in [0.25, 0.3) is 5.56 Å². The largest absolute Gasteiger partial charge is 0.513 e. The molecule has 23 heavy (non-hydrogen) atoms. The molecule has 0 spiro atoms. The maximum absolute atomic E-state index is 12.2. The average Bonchev–Trinajstić information content (AvgIpc) is 2.38. The molecule has 0 saturated heterocycles. The van der Waals surface area contributed by atoms with Crippen LogP contribution in [0.3, 0.4) is 0 Å². The predicted molar refractivity (Wildman–Crippen MR) is 89.9 cm³/mol. The summed E-state index contributed by atoms with van der Waals surface area (Å²) in [4.78, 5) is 24.9. The molecule has 1 rings (SSSR count). The predicted octanol–water partition coefficient (Wildman–Crippen LogP) is 2.83. The number of nitrogens with one attached hydrogen (secondary N) is 1. The van der Waals surface area contributed by atoms with E-state index in [4.69, 9.17) is 8.62 Å². The van der Waals surface area contributed by atoms with Gasteiger partial charge in [0.2, 0.25) is 0 Å². The molecule has 1 N–H and O–H groups in total. The van der Waals surface area contributed by atoms with Gasteiger partial charge in [0.05, 0.1) is 10.6 Å². The van der Waals surface area contributed by atoms with Crippen LogP contribution in [0.25, 0.3) is 0 Å². The minimum atomic E-state index is -3.79. The molecule has 0 radical (unpaired) electrons. The second-order valence-electron chi connectivity index (χ2n) is 4.20. The van der Waals surface area contributed by atoms with E-state index in [1.54, 1.807) is 0 Å². The molecule has 0 aliphatic carbocycles. The summed E-state index contributed by atoms with van der Waals surface area (Å²) in [7, 11) is -8.19. The Kier molecular flexibility index (Phi) is 7.87. The first-order valence-corrected chi connectivity index (χ1v) is 11.8. The lowest BCUT2D eigenvalue weighted by Crippen LogP contribution is -2.29. The molecule has 2 unspecified atom stereocenters. The number of halogens is 1. The molecule has 13 heteroatoms. The third-order valence-corrected chi connectivity index (χ3v) is 7.30. The van der Waals surface area contributed by atoms with Gasteiger partial charge in [-0.3, -0.25) is 18.9 Å². The van der Waals surface area contributed by atoms with E-state index in [9.17, 15) is 23.3 Å². The van der Waals surface area contributed by atoms with E-state index in [1.807, 2.05) is 0 Å². The Bertz CT molecular complexity index is 780. The Labute approximate surface area is 141 Å². The van der Waals surface area contributed by atoms with Gasteiger partial charge >= 0.3 is 29.3 Å². The van der Waals surface area contributed by atoms with E-state index >= 15 is 0 Å². The highest BCUT2D eigenvalue weighted by atomic mass is 79.9. The molecular weight excluding hydrogens is 433 g/mol. The maximum atomic E-state index is 12.2.